The molecule has 2 aliphatic rings. The summed E-state index contributed by atoms with van der Waals surface area (Å²) in [6.07, 6.45) is 4.85. The number of likely N-dealkylation sites (tertiary alicyclic amines) is 1. The molecule has 0 saturated carbocycles. The van der Waals surface area contributed by atoms with Gasteiger partial charge in [-0.3, -0.25) is 4.90 Å². The van der Waals surface area contributed by atoms with Gasteiger partial charge in [-0.15, -0.1) is 0 Å². The van der Waals surface area contributed by atoms with Gasteiger partial charge in [0.15, 0.2) is 5.69 Å². The van der Waals surface area contributed by atoms with Crippen LogP contribution in [0.15, 0.2) is 48.5 Å². The summed E-state index contributed by atoms with van der Waals surface area (Å²) in [5, 5.41) is 9.24. The smallest absolute Gasteiger partial charge is 0.354 e. The summed E-state index contributed by atoms with van der Waals surface area (Å²) in [5.41, 5.74) is 1.78. The van der Waals surface area contributed by atoms with Crippen molar-refractivity contribution in [3.05, 3.63) is 59.8 Å². The second kappa shape index (κ2) is 7.69. The maximum Gasteiger partial charge on any atom is 0.354 e. The Hall–Kier alpha value is -2.40. The number of aromatic carboxylic acids is 1. The fraction of sp³-hybridized carbons (Fsp3) is 0.455. The second-order valence-electron chi connectivity index (χ2n) is 8.01. The van der Waals surface area contributed by atoms with Crippen LogP contribution in [0, 0.1) is 5.41 Å². The van der Waals surface area contributed by atoms with E-state index >= 15 is 0 Å². The van der Waals surface area contributed by atoms with Gasteiger partial charge in [0.05, 0.1) is 0 Å². The first-order chi connectivity index (χ1) is 13.1. The first kappa shape index (κ1) is 18.0. The van der Waals surface area contributed by atoms with Crippen molar-refractivity contribution in [2.45, 2.75) is 32.2 Å². The van der Waals surface area contributed by atoms with Crippen molar-refractivity contribution in [2.75, 3.05) is 31.1 Å². The van der Waals surface area contributed by atoms with Crippen LogP contribution < -0.4 is 4.90 Å². The van der Waals surface area contributed by atoms with Gasteiger partial charge in [-0.05, 0) is 49.9 Å². The molecule has 142 valence electrons. The van der Waals surface area contributed by atoms with Gasteiger partial charge in [0.2, 0.25) is 0 Å². The molecule has 0 bridgehead atoms. The number of aromatic nitrogens is 1. The highest BCUT2D eigenvalue weighted by atomic mass is 16.4. The Bertz CT molecular complexity index is 791. The van der Waals surface area contributed by atoms with E-state index in [2.05, 4.69) is 45.1 Å². The number of rotatable bonds is 4. The number of carbonyl (C=O) groups is 1. The third-order valence-corrected chi connectivity index (χ3v) is 5.93. The van der Waals surface area contributed by atoms with Gasteiger partial charge in [-0.1, -0.05) is 36.4 Å². The van der Waals surface area contributed by atoms with Crippen molar-refractivity contribution >= 4 is 11.8 Å². The van der Waals surface area contributed by atoms with Crippen molar-refractivity contribution in [2.24, 2.45) is 5.41 Å². The Kier molecular flexibility index (Phi) is 5.12. The Morgan fingerprint density at radius 1 is 1.00 bits per heavy atom. The zero-order valence-corrected chi connectivity index (χ0v) is 15.7. The summed E-state index contributed by atoms with van der Waals surface area (Å²) in [6.45, 7) is 5.20. The van der Waals surface area contributed by atoms with Crippen molar-refractivity contribution in [1.82, 2.24) is 9.88 Å². The maximum atomic E-state index is 11.3. The molecule has 27 heavy (non-hydrogen) atoms. The van der Waals surface area contributed by atoms with Crippen LogP contribution in [0.1, 0.15) is 41.7 Å². The quantitative estimate of drug-likeness (QED) is 0.896. The van der Waals surface area contributed by atoms with E-state index in [0.29, 0.717) is 0 Å². The van der Waals surface area contributed by atoms with Gasteiger partial charge in [0.25, 0.3) is 0 Å². The van der Waals surface area contributed by atoms with E-state index in [9.17, 15) is 9.90 Å². The first-order valence-electron chi connectivity index (χ1n) is 9.85. The van der Waals surface area contributed by atoms with Gasteiger partial charge in [0.1, 0.15) is 5.82 Å². The molecule has 4 rings (SSSR count). The van der Waals surface area contributed by atoms with Gasteiger partial charge >= 0.3 is 5.97 Å². The summed E-state index contributed by atoms with van der Waals surface area (Å²) in [6, 6.07) is 16.0. The molecule has 2 aromatic rings. The lowest BCUT2D eigenvalue weighted by Gasteiger charge is -2.49. The van der Waals surface area contributed by atoms with Crippen LogP contribution in [0.4, 0.5) is 5.82 Å². The molecule has 5 nitrogen and oxygen atoms in total. The summed E-state index contributed by atoms with van der Waals surface area (Å²) in [4.78, 5) is 20.5. The van der Waals surface area contributed by atoms with Crippen LogP contribution in [0.25, 0.3) is 0 Å². The second-order valence-corrected chi connectivity index (χ2v) is 8.01. The third kappa shape index (κ3) is 4.14. The van der Waals surface area contributed by atoms with E-state index in [1.807, 2.05) is 6.07 Å². The minimum atomic E-state index is -0.963. The standard InChI is InChI=1S/C22H27N3O2/c26-21(27)19-9-4-10-20(23-19)25-14-6-12-22(17-25)11-5-13-24(16-22)15-18-7-2-1-3-8-18/h1-4,7-10H,5-6,11-17H2,(H,26,27). The molecule has 3 heterocycles. The minimum absolute atomic E-state index is 0.126. The monoisotopic (exact) mass is 365 g/mol. The topological polar surface area (TPSA) is 56.7 Å². The predicted octanol–water partition coefficient (Wildman–Crippen LogP) is 3.66. The molecule has 0 aliphatic carbocycles. The van der Waals surface area contributed by atoms with Crippen molar-refractivity contribution in [3.8, 4) is 0 Å². The average Bonchev–Trinajstić information content (AvgIpc) is 2.69. The number of carboxylic acid groups (broad SMARTS) is 1. The van der Waals surface area contributed by atoms with Crippen LogP contribution in [-0.2, 0) is 6.54 Å². The number of anilines is 1. The number of pyridine rings is 1. The van der Waals surface area contributed by atoms with E-state index in [-0.39, 0.29) is 11.1 Å². The largest absolute Gasteiger partial charge is 0.477 e. The van der Waals surface area contributed by atoms with Crippen molar-refractivity contribution in [3.63, 3.8) is 0 Å². The average molecular weight is 365 g/mol. The zero-order valence-electron chi connectivity index (χ0n) is 15.7. The number of hydrogen-bond donors (Lipinski definition) is 1. The molecule has 2 aliphatic heterocycles. The predicted molar refractivity (Wildman–Crippen MR) is 106 cm³/mol. The lowest BCUT2D eigenvalue weighted by Crippen LogP contribution is -2.52. The van der Waals surface area contributed by atoms with Gasteiger partial charge < -0.3 is 10.0 Å². The normalized spacial score (nSPS) is 23.5. The number of piperidine rings is 2. The van der Waals surface area contributed by atoms with Gasteiger partial charge in [-0.25, -0.2) is 9.78 Å². The van der Waals surface area contributed by atoms with Crippen LogP contribution in [0.5, 0.6) is 0 Å². The molecule has 0 radical (unpaired) electrons. The van der Waals surface area contributed by atoms with Gasteiger partial charge in [0, 0.05) is 31.6 Å². The fourth-order valence-corrected chi connectivity index (χ4v) is 4.74. The van der Waals surface area contributed by atoms with E-state index in [0.717, 1.165) is 45.0 Å². The highest BCUT2D eigenvalue weighted by molar-refractivity contribution is 5.85. The van der Waals surface area contributed by atoms with Crippen LogP contribution in [-0.4, -0.2) is 47.1 Å². The molecule has 5 heteroatoms. The SMILES string of the molecule is O=C(O)c1cccc(N2CCCC3(CCCN(Cc4ccccc4)C3)C2)n1. The molecule has 2 fully saturated rings. The lowest BCUT2D eigenvalue weighted by atomic mass is 9.73. The molecule has 1 spiro atoms. The first-order valence-corrected chi connectivity index (χ1v) is 9.85. The Balaban J connectivity index is 1.48. The molecule has 1 N–H and O–H groups in total. The molecule has 1 atom stereocenters. The van der Waals surface area contributed by atoms with Crippen LogP contribution in [0.3, 0.4) is 0 Å². The zero-order chi connectivity index (χ0) is 18.7. The van der Waals surface area contributed by atoms with E-state index in [4.69, 9.17) is 0 Å². The van der Waals surface area contributed by atoms with Crippen molar-refractivity contribution < 1.29 is 9.90 Å². The number of benzene rings is 1. The molecular formula is C22H27N3O2. The summed E-state index contributed by atoms with van der Waals surface area (Å²) < 4.78 is 0. The third-order valence-electron chi connectivity index (χ3n) is 5.93. The van der Waals surface area contributed by atoms with Crippen LogP contribution >= 0.6 is 0 Å². The number of carboxylic acids is 1. The Morgan fingerprint density at radius 2 is 1.78 bits per heavy atom. The number of nitrogens with zero attached hydrogens (tertiary/aromatic N) is 3. The fourth-order valence-electron chi connectivity index (χ4n) is 4.74. The highest BCUT2D eigenvalue weighted by Crippen LogP contribution is 2.39. The minimum Gasteiger partial charge on any atom is -0.477 e. The highest BCUT2D eigenvalue weighted by Gasteiger charge is 2.39. The molecule has 2 saturated heterocycles. The Labute approximate surface area is 160 Å². The summed E-state index contributed by atoms with van der Waals surface area (Å²) in [7, 11) is 0. The summed E-state index contributed by atoms with van der Waals surface area (Å²) >= 11 is 0. The molecular weight excluding hydrogens is 338 g/mol. The molecule has 1 aromatic carbocycles. The van der Waals surface area contributed by atoms with E-state index in [1.165, 1.54) is 24.8 Å². The van der Waals surface area contributed by atoms with E-state index in [1.54, 1.807) is 12.1 Å². The Morgan fingerprint density at radius 3 is 2.56 bits per heavy atom. The molecule has 0 amide bonds. The number of hydrogen-bond acceptors (Lipinski definition) is 4. The molecule has 1 aromatic heterocycles. The van der Waals surface area contributed by atoms with Gasteiger partial charge in [-0.2, -0.15) is 0 Å². The molecule has 1 unspecified atom stereocenters. The lowest BCUT2D eigenvalue weighted by molar-refractivity contribution is 0.0679. The van der Waals surface area contributed by atoms with Crippen LogP contribution in [0.2, 0.25) is 0 Å². The van der Waals surface area contributed by atoms with Crippen molar-refractivity contribution in [1.29, 1.82) is 0 Å². The summed E-state index contributed by atoms with van der Waals surface area (Å²) in [5.74, 6) is -0.163. The maximum absolute atomic E-state index is 11.3. The van der Waals surface area contributed by atoms with E-state index < -0.39 is 5.97 Å².